The van der Waals surface area contributed by atoms with Gasteiger partial charge in [0.2, 0.25) is 0 Å². The normalized spacial score (nSPS) is 36.7. The van der Waals surface area contributed by atoms with Crippen LogP contribution < -0.4 is 5.32 Å². The quantitative estimate of drug-likeness (QED) is 0.540. The highest BCUT2D eigenvalue weighted by molar-refractivity contribution is 4.75. The van der Waals surface area contributed by atoms with Crippen LogP contribution >= 0.6 is 0 Å². The van der Waals surface area contributed by atoms with Gasteiger partial charge in [0.15, 0.2) is 0 Å². The van der Waals surface area contributed by atoms with Gasteiger partial charge in [0.1, 0.15) is 0 Å². The van der Waals surface area contributed by atoms with Crippen LogP contribution in [0, 0.1) is 0 Å². The van der Waals surface area contributed by atoms with Crippen LogP contribution in [0.4, 0.5) is 0 Å². The van der Waals surface area contributed by atoms with Crippen LogP contribution in [0.5, 0.6) is 0 Å². The molecule has 0 aliphatic carbocycles. The fourth-order valence-corrected chi connectivity index (χ4v) is 1.29. The molecule has 1 fully saturated rings. The van der Waals surface area contributed by atoms with E-state index in [-0.39, 0.29) is 6.10 Å². The Balaban J connectivity index is 2.23. The molecule has 2 nitrogen and oxygen atoms in total. The summed E-state index contributed by atoms with van der Waals surface area (Å²) in [5.74, 6) is 0. The van der Waals surface area contributed by atoms with Gasteiger partial charge >= 0.3 is 0 Å². The van der Waals surface area contributed by atoms with Crippen molar-refractivity contribution in [3.8, 4) is 0 Å². The van der Waals surface area contributed by atoms with Gasteiger partial charge in [-0.2, -0.15) is 0 Å². The summed E-state index contributed by atoms with van der Waals surface area (Å²) in [6.45, 7) is 3.13. The summed E-state index contributed by atoms with van der Waals surface area (Å²) in [5, 5.41) is 12.5. The standard InChI is InChI=1S/C7H15NO/c1-2-6-5-7(9)3-4-8-6/h6-9H,2-5H2,1H3. The van der Waals surface area contributed by atoms with Crippen LogP contribution in [0.1, 0.15) is 26.2 Å². The SMILES string of the molecule is CCC1CC(O)CCN1. The second kappa shape index (κ2) is 3.18. The summed E-state index contributed by atoms with van der Waals surface area (Å²) in [4.78, 5) is 0. The zero-order chi connectivity index (χ0) is 6.69. The minimum Gasteiger partial charge on any atom is -0.393 e. The van der Waals surface area contributed by atoms with Gasteiger partial charge in [-0.15, -0.1) is 0 Å². The number of nitrogens with one attached hydrogen (secondary N) is 1. The van der Waals surface area contributed by atoms with Crippen molar-refractivity contribution >= 4 is 0 Å². The van der Waals surface area contributed by atoms with Gasteiger partial charge in [-0.3, -0.25) is 0 Å². The van der Waals surface area contributed by atoms with E-state index in [4.69, 9.17) is 0 Å². The molecule has 0 saturated carbocycles. The molecule has 0 radical (unpaired) electrons. The summed E-state index contributed by atoms with van der Waals surface area (Å²) >= 11 is 0. The fraction of sp³-hybridized carbons (Fsp3) is 1.00. The van der Waals surface area contributed by atoms with Gasteiger partial charge in [-0.1, -0.05) is 6.92 Å². The van der Waals surface area contributed by atoms with Crippen molar-refractivity contribution in [1.82, 2.24) is 5.32 Å². The average Bonchev–Trinajstić information content (AvgIpc) is 1.88. The zero-order valence-corrected chi connectivity index (χ0v) is 5.93. The highest BCUT2D eigenvalue weighted by Crippen LogP contribution is 2.09. The van der Waals surface area contributed by atoms with E-state index in [2.05, 4.69) is 12.2 Å². The first-order chi connectivity index (χ1) is 4.33. The second-order valence-electron chi connectivity index (χ2n) is 2.74. The molecule has 1 heterocycles. The Bertz CT molecular complexity index is 85.0. The Morgan fingerprint density at radius 1 is 1.67 bits per heavy atom. The molecule has 54 valence electrons. The van der Waals surface area contributed by atoms with Crippen molar-refractivity contribution in [2.75, 3.05) is 6.54 Å². The van der Waals surface area contributed by atoms with Gasteiger partial charge in [-0.05, 0) is 25.8 Å². The molecule has 0 amide bonds. The highest BCUT2D eigenvalue weighted by Gasteiger charge is 2.16. The number of aliphatic hydroxyl groups is 1. The first kappa shape index (κ1) is 7.03. The molecule has 0 aromatic rings. The first-order valence-corrected chi connectivity index (χ1v) is 3.74. The summed E-state index contributed by atoms with van der Waals surface area (Å²) < 4.78 is 0. The van der Waals surface area contributed by atoms with Gasteiger partial charge in [0.25, 0.3) is 0 Å². The molecular weight excluding hydrogens is 114 g/mol. The largest absolute Gasteiger partial charge is 0.393 e. The summed E-state index contributed by atoms with van der Waals surface area (Å²) in [6.07, 6.45) is 2.96. The molecule has 1 rings (SSSR count). The maximum Gasteiger partial charge on any atom is 0.0567 e. The van der Waals surface area contributed by atoms with Crippen molar-refractivity contribution in [2.24, 2.45) is 0 Å². The zero-order valence-electron chi connectivity index (χ0n) is 5.93. The Hall–Kier alpha value is -0.0800. The number of piperidine rings is 1. The smallest absolute Gasteiger partial charge is 0.0567 e. The molecule has 2 unspecified atom stereocenters. The Kier molecular flexibility index (Phi) is 2.49. The summed E-state index contributed by atoms with van der Waals surface area (Å²) in [6, 6.07) is 0.564. The molecule has 2 N–H and O–H groups in total. The van der Waals surface area contributed by atoms with E-state index in [0.717, 1.165) is 25.8 Å². The first-order valence-electron chi connectivity index (χ1n) is 3.74. The third-order valence-electron chi connectivity index (χ3n) is 1.96. The minimum absolute atomic E-state index is 0.0452. The molecule has 9 heavy (non-hydrogen) atoms. The molecule has 1 aliphatic heterocycles. The van der Waals surface area contributed by atoms with E-state index in [1.54, 1.807) is 0 Å². The maximum atomic E-state index is 9.17. The number of rotatable bonds is 1. The molecule has 0 aromatic heterocycles. The van der Waals surface area contributed by atoms with Crippen molar-refractivity contribution in [3.05, 3.63) is 0 Å². The molecule has 0 spiro atoms. The predicted molar refractivity (Wildman–Crippen MR) is 37.3 cm³/mol. The van der Waals surface area contributed by atoms with Crippen LogP contribution in [-0.2, 0) is 0 Å². The third kappa shape index (κ3) is 1.95. The predicted octanol–water partition coefficient (Wildman–Crippen LogP) is 0.509. The van der Waals surface area contributed by atoms with Crippen molar-refractivity contribution < 1.29 is 5.11 Å². The van der Waals surface area contributed by atoms with Crippen LogP contribution in [-0.4, -0.2) is 23.8 Å². The van der Waals surface area contributed by atoms with E-state index >= 15 is 0 Å². The lowest BCUT2D eigenvalue weighted by atomic mass is 10.0. The number of aliphatic hydroxyl groups excluding tert-OH is 1. The third-order valence-corrected chi connectivity index (χ3v) is 1.96. The van der Waals surface area contributed by atoms with Crippen LogP contribution in [0.2, 0.25) is 0 Å². The molecule has 1 aliphatic rings. The summed E-state index contributed by atoms with van der Waals surface area (Å²) in [7, 11) is 0. The average molecular weight is 129 g/mol. The highest BCUT2D eigenvalue weighted by atomic mass is 16.3. The molecule has 0 aromatic carbocycles. The lowest BCUT2D eigenvalue weighted by Crippen LogP contribution is -2.39. The maximum absolute atomic E-state index is 9.17. The van der Waals surface area contributed by atoms with Gasteiger partial charge < -0.3 is 10.4 Å². The van der Waals surface area contributed by atoms with E-state index in [9.17, 15) is 5.11 Å². The van der Waals surface area contributed by atoms with Crippen molar-refractivity contribution in [1.29, 1.82) is 0 Å². The Labute approximate surface area is 56.3 Å². The molecule has 1 saturated heterocycles. The van der Waals surface area contributed by atoms with Crippen LogP contribution in [0.15, 0.2) is 0 Å². The topological polar surface area (TPSA) is 32.3 Å². The molecule has 0 bridgehead atoms. The molecule has 2 atom stereocenters. The van der Waals surface area contributed by atoms with E-state index in [0.29, 0.717) is 6.04 Å². The van der Waals surface area contributed by atoms with Crippen LogP contribution in [0.3, 0.4) is 0 Å². The van der Waals surface area contributed by atoms with E-state index < -0.39 is 0 Å². The van der Waals surface area contributed by atoms with Crippen LogP contribution in [0.25, 0.3) is 0 Å². The van der Waals surface area contributed by atoms with E-state index in [1.807, 2.05) is 0 Å². The number of hydrogen-bond acceptors (Lipinski definition) is 2. The number of hydrogen-bond donors (Lipinski definition) is 2. The van der Waals surface area contributed by atoms with E-state index in [1.165, 1.54) is 0 Å². The van der Waals surface area contributed by atoms with Gasteiger partial charge in [0, 0.05) is 6.04 Å². The lowest BCUT2D eigenvalue weighted by molar-refractivity contribution is 0.115. The lowest BCUT2D eigenvalue weighted by Gasteiger charge is -2.25. The fourth-order valence-electron chi connectivity index (χ4n) is 1.29. The Morgan fingerprint density at radius 3 is 2.89 bits per heavy atom. The second-order valence-corrected chi connectivity index (χ2v) is 2.74. The molecular formula is C7H15NO. The monoisotopic (exact) mass is 129 g/mol. The van der Waals surface area contributed by atoms with Crippen molar-refractivity contribution in [3.63, 3.8) is 0 Å². The van der Waals surface area contributed by atoms with Gasteiger partial charge in [-0.25, -0.2) is 0 Å². The van der Waals surface area contributed by atoms with Gasteiger partial charge in [0.05, 0.1) is 6.10 Å². The molecule has 2 heteroatoms. The minimum atomic E-state index is -0.0452. The van der Waals surface area contributed by atoms with Crippen molar-refractivity contribution in [2.45, 2.75) is 38.3 Å². The Morgan fingerprint density at radius 2 is 2.44 bits per heavy atom. The summed E-state index contributed by atoms with van der Waals surface area (Å²) in [5.41, 5.74) is 0.